The topological polar surface area (TPSA) is 51.0 Å². The fraction of sp³-hybridized carbons (Fsp3) is 0.296. The number of carbonyl (C=O) groups excluding carboxylic acids is 1. The van der Waals surface area contributed by atoms with Gasteiger partial charge in [0.05, 0.1) is 12.1 Å². The van der Waals surface area contributed by atoms with Crippen molar-refractivity contribution in [3.05, 3.63) is 95.9 Å². The minimum atomic E-state index is 0.139. The summed E-state index contributed by atoms with van der Waals surface area (Å²) in [6.45, 7) is 2.23. The van der Waals surface area contributed by atoms with Gasteiger partial charge in [-0.2, -0.15) is 5.10 Å². The molecule has 1 unspecified atom stereocenters. The van der Waals surface area contributed by atoms with Crippen LogP contribution in [-0.4, -0.2) is 38.7 Å². The van der Waals surface area contributed by atoms with E-state index in [0.29, 0.717) is 12.5 Å². The number of rotatable bonds is 5. The van der Waals surface area contributed by atoms with Crippen molar-refractivity contribution < 1.29 is 4.79 Å². The molecule has 162 valence electrons. The van der Waals surface area contributed by atoms with E-state index in [0.717, 1.165) is 55.4 Å². The van der Waals surface area contributed by atoms with E-state index in [1.165, 1.54) is 10.9 Å². The van der Waals surface area contributed by atoms with E-state index in [1.807, 2.05) is 58.4 Å². The predicted octanol–water partition coefficient (Wildman–Crippen LogP) is 4.96. The molecular weight excluding hydrogens is 396 g/mol. The Morgan fingerprint density at radius 2 is 1.78 bits per heavy atom. The Morgan fingerprint density at radius 1 is 0.906 bits per heavy atom. The fourth-order valence-electron chi connectivity index (χ4n) is 4.82. The zero-order chi connectivity index (χ0) is 21.8. The molecule has 0 spiro atoms. The number of carbonyl (C=O) groups is 1. The summed E-state index contributed by atoms with van der Waals surface area (Å²) < 4.78 is 1.86. The van der Waals surface area contributed by atoms with E-state index in [4.69, 9.17) is 0 Å². The van der Waals surface area contributed by atoms with Gasteiger partial charge < -0.3 is 4.90 Å². The van der Waals surface area contributed by atoms with E-state index in [-0.39, 0.29) is 5.91 Å². The van der Waals surface area contributed by atoms with Gasteiger partial charge in [0.1, 0.15) is 0 Å². The molecule has 32 heavy (non-hydrogen) atoms. The number of nitrogens with zero attached hydrogens (tertiary/aromatic N) is 4. The molecule has 1 atom stereocenters. The summed E-state index contributed by atoms with van der Waals surface area (Å²) in [4.78, 5) is 20.1. The summed E-state index contributed by atoms with van der Waals surface area (Å²) in [5.74, 6) is 0.708. The van der Waals surface area contributed by atoms with Crippen LogP contribution in [-0.2, 0) is 13.0 Å². The quantitative estimate of drug-likeness (QED) is 0.455. The molecular formula is C27H28N4O. The van der Waals surface area contributed by atoms with E-state index >= 15 is 0 Å². The number of aromatic nitrogens is 3. The van der Waals surface area contributed by atoms with Crippen LogP contribution in [0.2, 0.25) is 0 Å². The maximum absolute atomic E-state index is 13.4. The first-order valence-electron chi connectivity index (χ1n) is 11.4. The monoisotopic (exact) mass is 424 g/mol. The number of hydrogen-bond acceptors (Lipinski definition) is 3. The van der Waals surface area contributed by atoms with Gasteiger partial charge in [-0.25, -0.2) is 0 Å². The molecule has 0 saturated carbocycles. The first-order valence-corrected chi connectivity index (χ1v) is 11.4. The van der Waals surface area contributed by atoms with Gasteiger partial charge in [0, 0.05) is 42.6 Å². The minimum Gasteiger partial charge on any atom is -0.339 e. The van der Waals surface area contributed by atoms with Crippen molar-refractivity contribution in [3.63, 3.8) is 0 Å². The highest BCUT2D eigenvalue weighted by molar-refractivity contribution is 5.95. The zero-order valence-corrected chi connectivity index (χ0v) is 18.2. The molecule has 1 fully saturated rings. The molecule has 0 N–H and O–H groups in total. The fourth-order valence-corrected chi connectivity index (χ4v) is 4.82. The van der Waals surface area contributed by atoms with Crippen LogP contribution in [0.5, 0.6) is 0 Å². The second kappa shape index (κ2) is 9.35. The third-order valence-electron chi connectivity index (χ3n) is 6.50. The van der Waals surface area contributed by atoms with E-state index in [9.17, 15) is 4.79 Å². The summed E-state index contributed by atoms with van der Waals surface area (Å²) in [7, 11) is 0. The van der Waals surface area contributed by atoms with Gasteiger partial charge >= 0.3 is 0 Å². The molecule has 0 bridgehead atoms. The largest absolute Gasteiger partial charge is 0.339 e. The molecule has 4 aromatic rings. The molecule has 1 aliphatic rings. The Morgan fingerprint density at radius 3 is 2.69 bits per heavy atom. The molecule has 1 saturated heterocycles. The first kappa shape index (κ1) is 20.4. The van der Waals surface area contributed by atoms with Gasteiger partial charge in [0.15, 0.2) is 0 Å². The molecule has 1 amide bonds. The van der Waals surface area contributed by atoms with Gasteiger partial charge in [-0.3, -0.25) is 14.5 Å². The van der Waals surface area contributed by atoms with Crippen molar-refractivity contribution in [2.45, 2.75) is 32.2 Å². The van der Waals surface area contributed by atoms with Gasteiger partial charge in [-0.05, 0) is 60.9 Å². The number of para-hydroxylation sites is 1. The van der Waals surface area contributed by atoms with Crippen molar-refractivity contribution in [1.82, 2.24) is 19.7 Å². The third-order valence-corrected chi connectivity index (χ3v) is 6.50. The molecule has 2 aromatic heterocycles. The van der Waals surface area contributed by atoms with Crippen LogP contribution in [0.1, 0.15) is 40.7 Å². The van der Waals surface area contributed by atoms with Crippen molar-refractivity contribution in [3.8, 4) is 0 Å². The van der Waals surface area contributed by atoms with Crippen LogP contribution in [0.15, 0.2) is 79.3 Å². The SMILES string of the molecule is O=C(c1ccccc1Cn1cccn1)N1CCCC(Cc2cccc3cccnc23)CC1. The third kappa shape index (κ3) is 4.42. The molecule has 2 aromatic carbocycles. The average Bonchev–Trinajstić information content (AvgIpc) is 3.23. The Bertz CT molecular complexity index is 1200. The molecule has 5 heteroatoms. The van der Waals surface area contributed by atoms with E-state index < -0.39 is 0 Å². The highest BCUT2D eigenvalue weighted by atomic mass is 16.2. The summed E-state index contributed by atoms with van der Waals surface area (Å²) in [6.07, 6.45) is 9.80. The van der Waals surface area contributed by atoms with Crippen LogP contribution in [0.4, 0.5) is 0 Å². The van der Waals surface area contributed by atoms with Gasteiger partial charge in [0.25, 0.3) is 5.91 Å². The van der Waals surface area contributed by atoms with Crippen molar-refractivity contribution in [1.29, 1.82) is 0 Å². The summed E-state index contributed by atoms with van der Waals surface area (Å²) in [6, 6.07) is 20.4. The van der Waals surface area contributed by atoms with Crippen LogP contribution < -0.4 is 0 Å². The average molecular weight is 425 g/mol. The maximum atomic E-state index is 13.4. The van der Waals surface area contributed by atoms with Crippen LogP contribution >= 0.6 is 0 Å². The molecule has 0 aliphatic carbocycles. The molecule has 1 aliphatic heterocycles. The Labute approximate surface area is 188 Å². The Hall–Kier alpha value is -3.47. The lowest BCUT2D eigenvalue weighted by atomic mass is 9.91. The predicted molar refractivity (Wildman–Crippen MR) is 126 cm³/mol. The van der Waals surface area contributed by atoms with E-state index in [1.54, 1.807) is 6.20 Å². The van der Waals surface area contributed by atoms with Crippen molar-refractivity contribution in [2.75, 3.05) is 13.1 Å². The second-order valence-corrected chi connectivity index (χ2v) is 8.65. The Kier molecular flexibility index (Phi) is 5.97. The number of fused-ring (bicyclic) bond motifs is 1. The summed E-state index contributed by atoms with van der Waals surface area (Å²) in [5.41, 5.74) is 4.24. The lowest BCUT2D eigenvalue weighted by Gasteiger charge is -2.22. The summed E-state index contributed by atoms with van der Waals surface area (Å²) >= 11 is 0. The number of pyridine rings is 1. The standard InChI is InChI=1S/C27H28N4O/c32-27(25-12-2-1-8-24(25)20-31-17-6-15-29-31)30-16-5-7-21(13-18-30)19-23-10-3-9-22-11-4-14-28-26(22)23/h1-4,6,8-12,14-15,17,21H,5,7,13,16,18-20H2. The highest BCUT2D eigenvalue weighted by Gasteiger charge is 2.24. The van der Waals surface area contributed by atoms with Gasteiger partial charge in [-0.15, -0.1) is 0 Å². The number of benzene rings is 2. The molecule has 5 nitrogen and oxygen atoms in total. The second-order valence-electron chi connectivity index (χ2n) is 8.65. The van der Waals surface area contributed by atoms with E-state index in [2.05, 4.69) is 34.3 Å². The molecule has 3 heterocycles. The number of amides is 1. The lowest BCUT2D eigenvalue weighted by molar-refractivity contribution is 0.0758. The van der Waals surface area contributed by atoms with Crippen molar-refractivity contribution in [2.24, 2.45) is 5.92 Å². The van der Waals surface area contributed by atoms with Gasteiger partial charge in [-0.1, -0.05) is 42.5 Å². The zero-order valence-electron chi connectivity index (χ0n) is 18.2. The minimum absolute atomic E-state index is 0.139. The van der Waals surface area contributed by atoms with Crippen LogP contribution in [0, 0.1) is 5.92 Å². The highest BCUT2D eigenvalue weighted by Crippen LogP contribution is 2.26. The number of hydrogen-bond donors (Lipinski definition) is 0. The normalized spacial score (nSPS) is 16.8. The first-order chi connectivity index (χ1) is 15.8. The van der Waals surface area contributed by atoms with Gasteiger partial charge in [0.2, 0.25) is 0 Å². The lowest BCUT2D eigenvalue weighted by Crippen LogP contribution is -2.33. The van der Waals surface area contributed by atoms with Crippen LogP contribution in [0.3, 0.4) is 0 Å². The smallest absolute Gasteiger partial charge is 0.254 e. The maximum Gasteiger partial charge on any atom is 0.254 e. The molecule has 0 radical (unpaired) electrons. The Balaban J connectivity index is 1.28. The van der Waals surface area contributed by atoms with Crippen molar-refractivity contribution >= 4 is 16.8 Å². The summed E-state index contributed by atoms with van der Waals surface area (Å²) in [5, 5.41) is 5.50. The molecule has 5 rings (SSSR count). The van der Waals surface area contributed by atoms with Crippen LogP contribution in [0.25, 0.3) is 10.9 Å². The number of likely N-dealkylation sites (tertiary alicyclic amines) is 1.